The van der Waals surface area contributed by atoms with Crippen LogP contribution in [0.5, 0.6) is 5.75 Å². The van der Waals surface area contributed by atoms with Crippen molar-refractivity contribution < 1.29 is 9.52 Å². The molecule has 0 bridgehead atoms. The second-order valence-electron chi connectivity index (χ2n) is 13.1. The van der Waals surface area contributed by atoms with E-state index in [0.717, 1.165) is 55.3 Å². The van der Waals surface area contributed by atoms with Crippen LogP contribution < -0.4 is 16.0 Å². The van der Waals surface area contributed by atoms with Gasteiger partial charge in [-0.25, -0.2) is 0 Å². The number of furan rings is 1. The van der Waals surface area contributed by atoms with Crippen molar-refractivity contribution in [2.75, 3.05) is 0 Å². The summed E-state index contributed by atoms with van der Waals surface area (Å²) in [4.78, 5) is 0. The molecule has 3 atom stereocenters. The van der Waals surface area contributed by atoms with Gasteiger partial charge in [-0.05, 0) is 71.5 Å². The first-order chi connectivity index (χ1) is 25.1. The second kappa shape index (κ2) is 13.3. The molecule has 0 saturated carbocycles. The Balaban J connectivity index is 1.04. The Kier molecular flexibility index (Phi) is 8.22. The first kappa shape index (κ1) is 31.5. The molecule has 6 heteroatoms. The molecule has 3 unspecified atom stereocenters. The van der Waals surface area contributed by atoms with Crippen LogP contribution in [0.25, 0.3) is 47.7 Å². The third kappa shape index (κ3) is 5.92. The molecule has 0 amide bonds. The van der Waals surface area contributed by atoms with E-state index in [4.69, 9.17) is 4.42 Å². The lowest BCUT2D eigenvalue weighted by atomic mass is 9.98. The first-order valence-electron chi connectivity index (χ1n) is 17.4. The lowest BCUT2D eigenvalue weighted by Crippen LogP contribution is -2.54. The molecule has 6 aromatic carbocycles. The van der Waals surface area contributed by atoms with E-state index >= 15 is 0 Å². The number of hydrogen-bond donors (Lipinski definition) is 4. The maximum atomic E-state index is 11.9. The summed E-state index contributed by atoms with van der Waals surface area (Å²) < 4.78 is 8.74. The Morgan fingerprint density at radius 2 is 1.35 bits per heavy atom. The number of phenolic OH excluding ortho intramolecular Hbond substituents is 1. The van der Waals surface area contributed by atoms with Crippen molar-refractivity contribution in [1.29, 1.82) is 0 Å². The van der Waals surface area contributed by atoms with Crippen molar-refractivity contribution in [3.8, 4) is 5.75 Å². The van der Waals surface area contributed by atoms with Gasteiger partial charge in [0.25, 0.3) is 0 Å². The van der Waals surface area contributed by atoms with Gasteiger partial charge >= 0.3 is 0 Å². The summed E-state index contributed by atoms with van der Waals surface area (Å²) in [5, 5.41) is 27.9. The largest absolute Gasteiger partial charge is 0.507 e. The minimum atomic E-state index is -0.311. The van der Waals surface area contributed by atoms with Crippen LogP contribution in [-0.2, 0) is 6.42 Å². The van der Waals surface area contributed by atoms with Gasteiger partial charge in [0.2, 0.25) is 0 Å². The van der Waals surface area contributed by atoms with Crippen LogP contribution in [0.1, 0.15) is 53.2 Å². The van der Waals surface area contributed by atoms with Gasteiger partial charge in [-0.1, -0.05) is 121 Å². The molecule has 51 heavy (non-hydrogen) atoms. The number of rotatable bonds is 7. The summed E-state index contributed by atoms with van der Waals surface area (Å²) in [6, 6.07) is 46.3. The van der Waals surface area contributed by atoms with Crippen LogP contribution in [0.15, 0.2) is 156 Å². The van der Waals surface area contributed by atoms with Crippen molar-refractivity contribution in [1.82, 2.24) is 16.0 Å². The van der Waals surface area contributed by atoms with Crippen molar-refractivity contribution in [2.24, 2.45) is 0 Å². The fourth-order valence-electron chi connectivity index (χ4n) is 7.37. The van der Waals surface area contributed by atoms with Gasteiger partial charge in [0, 0.05) is 36.5 Å². The lowest BCUT2D eigenvalue weighted by molar-refractivity contribution is 0.200. The SMILES string of the molecule is C/C=C\C(=C/Cc1cccc(C2NC(c3ccccc3)NC(c3ccc4c(c3)sc3ccccc34)N2)c1O)c1ccc2c(c1)oc1ccccc12. The molecule has 1 aliphatic heterocycles. The average molecular weight is 684 g/mol. The van der Waals surface area contributed by atoms with Gasteiger partial charge in [0.1, 0.15) is 16.9 Å². The highest BCUT2D eigenvalue weighted by Gasteiger charge is 2.31. The molecule has 1 saturated heterocycles. The molecule has 0 spiro atoms. The van der Waals surface area contributed by atoms with Crippen LogP contribution in [0.2, 0.25) is 0 Å². The number of para-hydroxylation sites is 2. The number of hydrogen-bond acceptors (Lipinski definition) is 6. The van der Waals surface area contributed by atoms with E-state index in [-0.39, 0.29) is 18.5 Å². The summed E-state index contributed by atoms with van der Waals surface area (Å²) in [5.41, 5.74) is 7.86. The number of thiophene rings is 1. The van der Waals surface area contributed by atoms with E-state index in [1.165, 1.54) is 20.2 Å². The van der Waals surface area contributed by atoms with Crippen LogP contribution in [-0.4, -0.2) is 5.11 Å². The Bertz CT molecular complexity index is 2600. The monoisotopic (exact) mass is 683 g/mol. The number of nitrogens with one attached hydrogen (secondary N) is 3. The number of phenols is 1. The summed E-state index contributed by atoms with van der Waals surface area (Å²) >= 11 is 1.82. The molecule has 5 nitrogen and oxygen atoms in total. The average Bonchev–Trinajstić information content (AvgIpc) is 3.74. The van der Waals surface area contributed by atoms with Gasteiger partial charge in [-0.3, -0.25) is 16.0 Å². The van der Waals surface area contributed by atoms with Crippen molar-refractivity contribution in [3.63, 3.8) is 0 Å². The number of aromatic hydroxyl groups is 1. The Morgan fingerprint density at radius 3 is 2.22 bits per heavy atom. The highest BCUT2D eigenvalue weighted by molar-refractivity contribution is 7.25. The van der Waals surface area contributed by atoms with Gasteiger partial charge in [0.15, 0.2) is 0 Å². The molecule has 8 aromatic rings. The maximum Gasteiger partial charge on any atom is 0.136 e. The van der Waals surface area contributed by atoms with E-state index in [9.17, 15) is 5.11 Å². The fourth-order valence-corrected chi connectivity index (χ4v) is 8.53. The summed E-state index contributed by atoms with van der Waals surface area (Å²) in [6.07, 6.45) is 6.30. The standard InChI is InChI=1S/C45H37N3O2S/c1-2-11-28(31-22-24-34-33-15-6-8-18-38(33)50-39(34)26-31)20-21-29-14-10-17-37(42(29)49)45-47-43(30-12-4-3-5-13-30)46-44(48-45)32-23-25-36-35-16-7-9-19-40(35)51-41(36)27-32/h2-20,22-27,43-49H,21H2,1H3/b11-2-,28-20+. The number of benzene rings is 6. The molecule has 2 aromatic heterocycles. The van der Waals surface area contributed by atoms with Crippen LogP contribution in [0, 0.1) is 0 Å². The van der Waals surface area contributed by atoms with E-state index in [0.29, 0.717) is 12.2 Å². The lowest BCUT2D eigenvalue weighted by Gasteiger charge is -2.40. The highest BCUT2D eigenvalue weighted by atomic mass is 32.1. The van der Waals surface area contributed by atoms with E-state index in [2.05, 4.69) is 119 Å². The second-order valence-corrected chi connectivity index (χ2v) is 14.2. The van der Waals surface area contributed by atoms with Crippen LogP contribution in [0.3, 0.4) is 0 Å². The Morgan fingerprint density at radius 1 is 0.647 bits per heavy atom. The smallest absolute Gasteiger partial charge is 0.136 e. The molecule has 1 fully saturated rings. The van der Waals surface area contributed by atoms with Gasteiger partial charge < -0.3 is 9.52 Å². The van der Waals surface area contributed by atoms with Crippen LogP contribution >= 0.6 is 11.3 Å². The van der Waals surface area contributed by atoms with Gasteiger partial charge in [-0.2, -0.15) is 0 Å². The van der Waals surface area contributed by atoms with Crippen molar-refractivity contribution in [2.45, 2.75) is 31.8 Å². The molecule has 3 heterocycles. The van der Waals surface area contributed by atoms with Crippen molar-refractivity contribution >= 4 is 59.0 Å². The Hall–Kier alpha value is -5.50. The molecule has 9 rings (SSSR count). The zero-order chi connectivity index (χ0) is 34.3. The predicted molar refractivity (Wildman–Crippen MR) is 212 cm³/mol. The number of allylic oxidation sites excluding steroid dienone is 4. The molecule has 0 radical (unpaired) electrons. The predicted octanol–water partition coefficient (Wildman–Crippen LogP) is 11.0. The summed E-state index contributed by atoms with van der Waals surface area (Å²) in [5.74, 6) is 0.290. The van der Waals surface area contributed by atoms with E-state index in [1.54, 1.807) is 0 Å². The molecular formula is C45H37N3O2S. The topological polar surface area (TPSA) is 69.5 Å². The normalized spacial score (nSPS) is 18.5. The third-order valence-corrected chi connectivity index (χ3v) is 11.1. The van der Waals surface area contributed by atoms with E-state index < -0.39 is 0 Å². The fraction of sp³-hybridized carbons (Fsp3) is 0.111. The summed E-state index contributed by atoms with van der Waals surface area (Å²) in [7, 11) is 0. The minimum absolute atomic E-state index is 0.141. The third-order valence-electron chi connectivity index (χ3n) is 9.93. The number of fused-ring (bicyclic) bond motifs is 6. The Labute approximate surface area is 300 Å². The molecule has 1 aliphatic rings. The highest BCUT2D eigenvalue weighted by Crippen LogP contribution is 2.38. The van der Waals surface area contributed by atoms with Crippen molar-refractivity contribution in [3.05, 3.63) is 180 Å². The van der Waals surface area contributed by atoms with E-state index in [1.807, 2.05) is 66.8 Å². The quantitative estimate of drug-likeness (QED) is 0.126. The first-order valence-corrected chi connectivity index (χ1v) is 18.2. The zero-order valence-corrected chi connectivity index (χ0v) is 29.0. The van der Waals surface area contributed by atoms with Gasteiger partial charge in [-0.15, -0.1) is 11.3 Å². The summed E-state index contributed by atoms with van der Waals surface area (Å²) in [6.45, 7) is 2.03. The maximum absolute atomic E-state index is 11.9. The van der Waals surface area contributed by atoms with Crippen LogP contribution in [0.4, 0.5) is 0 Å². The zero-order valence-electron chi connectivity index (χ0n) is 28.1. The molecule has 250 valence electrons. The molecular weight excluding hydrogens is 647 g/mol. The molecule has 4 N–H and O–H groups in total. The van der Waals surface area contributed by atoms with Gasteiger partial charge in [0.05, 0.1) is 18.5 Å². The minimum Gasteiger partial charge on any atom is -0.507 e. The molecule has 0 aliphatic carbocycles.